The molecule has 0 unspecified atom stereocenters. The van der Waals surface area contributed by atoms with Crippen LogP contribution in [0.15, 0.2) is 23.2 Å². The zero-order valence-corrected chi connectivity index (χ0v) is 12.6. The Labute approximate surface area is 119 Å². The van der Waals surface area contributed by atoms with E-state index in [9.17, 15) is 8.42 Å². The van der Waals surface area contributed by atoms with E-state index in [0.717, 1.165) is 37.2 Å². The number of rotatable bonds is 5. The van der Waals surface area contributed by atoms with Gasteiger partial charge in [-0.15, -0.1) is 0 Å². The topological polar surface area (TPSA) is 63.5 Å². The molecule has 0 bridgehead atoms. The highest BCUT2D eigenvalue weighted by atomic mass is 32.2. The Bertz CT molecular complexity index is 745. The quantitative estimate of drug-likeness (QED) is 0.917. The Balaban J connectivity index is 2.18. The van der Waals surface area contributed by atoms with Crippen LogP contribution in [0, 0.1) is 6.92 Å². The van der Waals surface area contributed by atoms with Crippen molar-refractivity contribution in [3.63, 3.8) is 0 Å². The zero-order chi connectivity index (χ0) is 14.3. The van der Waals surface area contributed by atoms with Crippen LogP contribution >= 0.6 is 0 Å². The molecule has 1 aliphatic rings. The van der Waals surface area contributed by atoms with Crippen LogP contribution in [0.4, 0.5) is 0 Å². The summed E-state index contributed by atoms with van der Waals surface area (Å²) in [4.78, 5) is 4.40. The van der Waals surface area contributed by atoms with E-state index in [2.05, 4.69) is 16.6 Å². The second kappa shape index (κ2) is 4.86. The molecule has 1 aliphatic carbocycles. The number of hydrogen-bond acceptors (Lipinski definition) is 3. The van der Waals surface area contributed by atoms with Crippen molar-refractivity contribution >= 4 is 15.5 Å². The molecule has 0 aromatic carbocycles. The van der Waals surface area contributed by atoms with Crippen molar-refractivity contribution in [3.05, 3.63) is 29.7 Å². The Morgan fingerprint density at radius 2 is 2.15 bits per heavy atom. The molecule has 1 fully saturated rings. The van der Waals surface area contributed by atoms with E-state index in [4.69, 9.17) is 0 Å². The lowest BCUT2D eigenvalue weighted by molar-refractivity contribution is 0.578. The number of aryl methyl sites for hydroxylation is 2. The predicted molar refractivity (Wildman–Crippen MR) is 77.3 cm³/mol. The summed E-state index contributed by atoms with van der Waals surface area (Å²) in [6, 6.07) is 5.76. The van der Waals surface area contributed by atoms with Crippen molar-refractivity contribution < 1.29 is 8.42 Å². The van der Waals surface area contributed by atoms with Crippen LogP contribution in [0.2, 0.25) is 0 Å². The number of aromatic nitrogens is 2. The number of hydrogen-bond donors (Lipinski definition) is 1. The van der Waals surface area contributed by atoms with Crippen molar-refractivity contribution in [2.24, 2.45) is 0 Å². The number of imidazole rings is 1. The summed E-state index contributed by atoms with van der Waals surface area (Å²) in [6.07, 6.45) is 3.55. The number of fused-ring (bicyclic) bond motifs is 1. The first-order valence-electron chi connectivity index (χ1n) is 7.02. The lowest BCUT2D eigenvalue weighted by Gasteiger charge is -2.04. The molecule has 1 saturated carbocycles. The highest BCUT2D eigenvalue weighted by Crippen LogP contribution is 2.25. The van der Waals surface area contributed by atoms with E-state index < -0.39 is 10.0 Å². The SMILES string of the molecule is CCCc1nc(S(=O)(=O)NC2CC2)c2cccc(C)n12. The molecule has 0 atom stereocenters. The van der Waals surface area contributed by atoms with Gasteiger partial charge in [0.05, 0.1) is 5.52 Å². The van der Waals surface area contributed by atoms with E-state index in [1.165, 1.54) is 0 Å². The maximum Gasteiger partial charge on any atom is 0.260 e. The van der Waals surface area contributed by atoms with Gasteiger partial charge in [-0.2, -0.15) is 0 Å². The molecular formula is C14H19N3O2S. The fourth-order valence-corrected chi connectivity index (χ4v) is 3.86. The summed E-state index contributed by atoms with van der Waals surface area (Å²) in [5.74, 6) is 0.816. The van der Waals surface area contributed by atoms with Gasteiger partial charge in [-0.05, 0) is 38.3 Å². The third-order valence-corrected chi connectivity index (χ3v) is 4.97. The normalized spacial score (nSPS) is 15.9. The summed E-state index contributed by atoms with van der Waals surface area (Å²) in [6.45, 7) is 4.04. The van der Waals surface area contributed by atoms with Crippen molar-refractivity contribution in [1.29, 1.82) is 0 Å². The van der Waals surface area contributed by atoms with E-state index in [-0.39, 0.29) is 11.1 Å². The first-order chi connectivity index (χ1) is 9.53. The van der Waals surface area contributed by atoms with Gasteiger partial charge in [0.15, 0.2) is 5.03 Å². The Morgan fingerprint density at radius 3 is 2.80 bits per heavy atom. The van der Waals surface area contributed by atoms with Gasteiger partial charge in [0.25, 0.3) is 10.0 Å². The minimum absolute atomic E-state index is 0.0937. The van der Waals surface area contributed by atoms with Crippen LogP contribution in [0.1, 0.15) is 37.7 Å². The summed E-state index contributed by atoms with van der Waals surface area (Å²) in [5.41, 5.74) is 1.67. The fraction of sp³-hybridized carbons (Fsp3) is 0.500. The first-order valence-corrected chi connectivity index (χ1v) is 8.50. The molecule has 1 N–H and O–H groups in total. The summed E-state index contributed by atoms with van der Waals surface area (Å²) < 4.78 is 29.5. The fourth-order valence-electron chi connectivity index (χ4n) is 2.42. The van der Waals surface area contributed by atoms with Crippen LogP contribution in [0.3, 0.4) is 0 Å². The minimum atomic E-state index is -3.52. The van der Waals surface area contributed by atoms with E-state index in [0.29, 0.717) is 5.52 Å². The van der Waals surface area contributed by atoms with Crippen molar-refractivity contribution in [2.45, 2.75) is 50.6 Å². The molecule has 2 aromatic rings. The van der Waals surface area contributed by atoms with Crippen LogP contribution in [-0.4, -0.2) is 23.8 Å². The van der Waals surface area contributed by atoms with Gasteiger partial charge in [0.1, 0.15) is 5.82 Å². The Hall–Kier alpha value is -1.40. The number of sulfonamides is 1. The molecule has 0 saturated heterocycles. The first kappa shape index (κ1) is 13.6. The molecule has 0 spiro atoms. The molecule has 2 aromatic heterocycles. The van der Waals surface area contributed by atoms with E-state index in [1.807, 2.05) is 29.5 Å². The summed E-state index contributed by atoms with van der Waals surface area (Å²) >= 11 is 0. The van der Waals surface area contributed by atoms with Gasteiger partial charge in [0, 0.05) is 18.2 Å². The van der Waals surface area contributed by atoms with Gasteiger partial charge in [0.2, 0.25) is 0 Å². The average Bonchev–Trinajstić information content (AvgIpc) is 3.09. The number of pyridine rings is 1. The van der Waals surface area contributed by atoms with Gasteiger partial charge in [-0.25, -0.2) is 18.1 Å². The molecule has 0 aliphatic heterocycles. The molecule has 5 nitrogen and oxygen atoms in total. The highest BCUT2D eigenvalue weighted by molar-refractivity contribution is 7.89. The van der Waals surface area contributed by atoms with Crippen LogP contribution < -0.4 is 4.72 Å². The van der Waals surface area contributed by atoms with Crippen molar-refractivity contribution in [2.75, 3.05) is 0 Å². The monoisotopic (exact) mass is 293 g/mol. The van der Waals surface area contributed by atoms with Gasteiger partial charge in [-0.3, -0.25) is 4.40 Å². The van der Waals surface area contributed by atoms with Crippen LogP contribution in [-0.2, 0) is 16.4 Å². The van der Waals surface area contributed by atoms with Crippen molar-refractivity contribution in [1.82, 2.24) is 14.1 Å². The molecule has 0 radical (unpaired) electrons. The third kappa shape index (κ3) is 2.33. The molecule has 108 valence electrons. The third-order valence-electron chi connectivity index (χ3n) is 3.52. The smallest absolute Gasteiger partial charge is 0.260 e. The second-order valence-electron chi connectivity index (χ2n) is 5.37. The van der Waals surface area contributed by atoms with E-state index >= 15 is 0 Å². The molecule has 0 amide bonds. The molecule has 3 rings (SSSR count). The van der Waals surface area contributed by atoms with Gasteiger partial charge in [-0.1, -0.05) is 13.0 Å². The molecule has 2 heterocycles. The second-order valence-corrected chi connectivity index (χ2v) is 7.00. The maximum atomic E-state index is 12.4. The average molecular weight is 293 g/mol. The molecule has 6 heteroatoms. The minimum Gasteiger partial charge on any atom is -0.300 e. The summed E-state index contributed by atoms with van der Waals surface area (Å²) in [5, 5.41) is 0.163. The van der Waals surface area contributed by atoms with Crippen LogP contribution in [0.25, 0.3) is 5.52 Å². The highest BCUT2D eigenvalue weighted by Gasteiger charge is 2.31. The molecular weight excluding hydrogens is 274 g/mol. The van der Waals surface area contributed by atoms with Gasteiger partial charge < -0.3 is 0 Å². The lowest BCUT2D eigenvalue weighted by atomic mass is 10.3. The maximum absolute atomic E-state index is 12.4. The van der Waals surface area contributed by atoms with Crippen LogP contribution in [0.5, 0.6) is 0 Å². The van der Waals surface area contributed by atoms with Crippen molar-refractivity contribution in [3.8, 4) is 0 Å². The van der Waals surface area contributed by atoms with E-state index in [1.54, 1.807) is 0 Å². The Morgan fingerprint density at radius 1 is 1.40 bits per heavy atom. The largest absolute Gasteiger partial charge is 0.300 e. The number of nitrogens with one attached hydrogen (secondary N) is 1. The van der Waals surface area contributed by atoms with Gasteiger partial charge >= 0.3 is 0 Å². The zero-order valence-electron chi connectivity index (χ0n) is 11.8. The summed E-state index contributed by atoms with van der Waals surface area (Å²) in [7, 11) is -3.52. The molecule has 20 heavy (non-hydrogen) atoms. The Kier molecular flexibility index (Phi) is 3.30. The predicted octanol–water partition coefficient (Wildman–Crippen LogP) is 2.04. The standard InChI is InChI=1S/C14H19N3O2S/c1-3-5-13-15-14(20(18,19)16-11-8-9-11)12-7-4-6-10(2)17(12)13/h4,6-7,11,16H,3,5,8-9H2,1-2H3. The number of nitrogens with zero attached hydrogens (tertiary/aromatic N) is 2. The lowest BCUT2D eigenvalue weighted by Crippen LogP contribution is -2.26.